The minimum atomic E-state index is -1.25. The van der Waals surface area contributed by atoms with Gasteiger partial charge in [-0.1, -0.05) is 0 Å². The number of halogens is 1. The van der Waals surface area contributed by atoms with E-state index in [1.165, 1.54) is 40.3 Å². The first kappa shape index (κ1) is 20.1. The van der Waals surface area contributed by atoms with E-state index in [1.54, 1.807) is 0 Å². The molecule has 152 valence electrons. The molecule has 0 saturated carbocycles. The summed E-state index contributed by atoms with van der Waals surface area (Å²) in [5.41, 5.74) is 11.9. The number of alkyl halides is 1. The van der Waals surface area contributed by atoms with Crippen molar-refractivity contribution < 1.29 is 24.7 Å². The molecule has 2 aliphatic heterocycles. The van der Waals surface area contributed by atoms with E-state index in [0.29, 0.717) is 5.56 Å². The Balaban J connectivity index is 1.81. The second-order valence-corrected chi connectivity index (χ2v) is 6.84. The topological polar surface area (TPSA) is 168 Å². The van der Waals surface area contributed by atoms with Crippen LogP contribution in [0.2, 0.25) is 0 Å². The normalized spacial score (nSPS) is 28.3. The van der Waals surface area contributed by atoms with Crippen LogP contribution in [0, 0.1) is 10.1 Å². The summed E-state index contributed by atoms with van der Waals surface area (Å²) in [5, 5.41) is 31.1. The molecule has 1 unspecified atom stereocenters. The predicted octanol–water partition coefficient (Wildman–Crippen LogP) is -0.861. The number of nitro groups is 1. The standard InChI is InChI=1S/C16H20ClN5O6/c17-5-10-13(23)14(24)16(28-10)21-7-20(6-11(21)18)12(15(19)25)8-1-3-9(4-2-8)22(26)27/h1-4,6,10,12-14,16,23-24H,5,7,18H2,(H2,19,25)/t10-,12?,13-,14-,16-/m1/s1. The maximum Gasteiger partial charge on any atom is 0.269 e. The van der Waals surface area contributed by atoms with Crippen LogP contribution in [0.1, 0.15) is 11.6 Å². The van der Waals surface area contributed by atoms with Crippen LogP contribution in [0.15, 0.2) is 36.3 Å². The summed E-state index contributed by atoms with van der Waals surface area (Å²) in [6, 6.07) is 4.48. The highest BCUT2D eigenvalue weighted by atomic mass is 35.5. The van der Waals surface area contributed by atoms with E-state index in [9.17, 15) is 25.1 Å². The number of ether oxygens (including phenoxy) is 1. The zero-order valence-electron chi connectivity index (χ0n) is 14.6. The van der Waals surface area contributed by atoms with Crippen molar-refractivity contribution in [2.75, 3.05) is 12.5 Å². The van der Waals surface area contributed by atoms with Crippen molar-refractivity contribution in [3.05, 3.63) is 52.0 Å². The first-order valence-electron chi connectivity index (χ1n) is 8.35. The summed E-state index contributed by atoms with van der Waals surface area (Å²) in [4.78, 5) is 25.3. The predicted molar refractivity (Wildman–Crippen MR) is 97.2 cm³/mol. The molecule has 1 aromatic carbocycles. The second-order valence-electron chi connectivity index (χ2n) is 6.53. The molecule has 2 aliphatic rings. The smallest absolute Gasteiger partial charge is 0.269 e. The van der Waals surface area contributed by atoms with Gasteiger partial charge in [0.2, 0.25) is 5.91 Å². The molecule has 0 bridgehead atoms. The van der Waals surface area contributed by atoms with Crippen LogP contribution >= 0.6 is 11.6 Å². The number of hydrogen-bond acceptors (Lipinski definition) is 9. The average Bonchev–Trinajstić information content (AvgIpc) is 3.15. The number of primary amides is 1. The number of nitrogens with zero attached hydrogens (tertiary/aromatic N) is 3. The van der Waals surface area contributed by atoms with Crippen molar-refractivity contribution in [3.8, 4) is 0 Å². The van der Waals surface area contributed by atoms with Gasteiger partial charge in [0.05, 0.1) is 17.5 Å². The molecule has 1 amide bonds. The third-order valence-electron chi connectivity index (χ3n) is 4.76. The molecule has 2 heterocycles. The lowest BCUT2D eigenvalue weighted by atomic mass is 10.0. The van der Waals surface area contributed by atoms with Crippen molar-refractivity contribution in [2.45, 2.75) is 30.6 Å². The maximum absolute atomic E-state index is 12.1. The van der Waals surface area contributed by atoms with Crippen molar-refractivity contribution in [3.63, 3.8) is 0 Å². The van der Waals surface area contributed by atoms with E-state index < -0.39 is 41.4 Å². The highest BCUT2D eigenvalue weighted by Crippen LogP contribution is 2.32. The van der Waals surface area contributed by atoms with Gasteiger partial charge < -0.3 is 36.2 Å². The van der Waals surface area contributed by atoms with Gasteiger partial charge in [0.25, 0.3) is 5.69 Å². The van der Waals surface area contributed by atoms with E-state index in [2.05, 4.69) is 0 Å². The minimum Gasteiger partial charge on any atom is -0.387 e. The van der Waals surface area contributed by atoms with Gasteiger partial charge >= 0.3 is 0 Å². The van der Waals surface area contributed by atoms with Gasteiger partial charge in [0.15, 0.2) is 6.23 Å². The average molecular weight is 414 g/mol. The monoisotopic (exact) mass is 413 g/mol. The molecule has 0 aromatic heterocycles. The van der Waals surface area contributed by atoms with Crippen LogP contribution in [-0.4, -0.2) is 67.9 Å². The van der Waals surface area contributed by atoms with Crippen molar-refractivity contribution in [1.29, 1.82) is 0 Å². The zero-order valence-corrected chi connectivity index (χ0v) is 15.3. The number of nitro benzene ring substituents is 1. The van der Waals surface area contributed by atoms with E-state index >= 15 is 0 Å². The first-order chi connectivity index (χ1) is 13.2. The molecule has 0 radical (unpaired) electrons. The fourth-order valence-electron chi connectivity index (χ4n) is 3.34. The number of hydrogen-bond donors (Lipinski definition) is 4. The summed E-state index contributed by atoms with van der Waals surface area (Å²) in [7, 11) is 0. The lowest BCUT2D eigenvalue weighted by Gasteiger charge is -2.32. The second kappa shape index (κ2) is 7.80. The first-order valence-corrected chi connectivity index (χ1v) is 8.89. The summed E-state index contributed by atoms with van der Waals surface area (Å²) < 4.78 is 5.58. The van der Waals surface area contributed by atoms with Crippen molar-refractivity contribution >= 4 is 23.2 Å². The molecule has 6 N–H and O–H groups in total. The lowest BCUT2D eigenvalue weighted by Crippen LogP contribution is -2.46. The van der Waals surface area contributed by atoms with Gasteiger partial charge in [-0.2, -0.15) is 0 Å². The maximum atomic E-state index is 12.1. The van der Waals surface area contributed by atoms with Crippen LogP contribution in [0.4, 0.5) is 5.69 Å². The Labute approximate surface area is 164 Å². The quantitative estimate of drug-likeness (QED) is 0.263. The van der Waals surface area contributed by atoms with Gasteiger partial charge in [-0.15, -0.1) is 11.6 Å². The van der Waals surface area contributed by atoms with E-state index in [4.69, 9.17) is 27.8 Å². The fourth-order valence-corrected chi connectivity index (χ4v) is 3.59. The summed E-state index contributed by atoms with van der Waals surface area (Å²) in [5.74, 6) is -0.506. The third-order valence-corrected chi connectivity index (χ3v) is 5.07. The molecular formula is C16H20ClN5O6. The molecule has 5 atom stereocenters. The molecule has 0 spiro atoms. The highest BCUT2D eigenvalue weighted by Gasteiger charge is 2.47. The molecule has 0 aliphatic carbocycles. The van der Waals surface area contributed by atoms with Crippen LogP contribution in [0.25, 0.3) is 0 Å². The number of amides is 1. The number of benzene rings is 1. The Morgan fingerprint density at radius 1 is 1.36 bits per heavy atom. The molecule has 1 fully saturated rings. The SMILES string of the molecule is NC(=O)C(c1ccc([N+](=O)[O-])cc1)N1C=C(N)N([C@@H]2O[C@H](CCl)[C@@H](O)[C@H]2O)C1. The number of aliphatic hydroxyl groups is 2. The molecule has 3 rings (SSSR count). The van der Waals surface area contributed by atoms with E-state index in [-0.39, 0.29) is 24.1 Å². The number of carbonyl (C=O) groups is 1. The van der Waals surface area contributed by atoms with Crippen LogP contribution in [-0.2, 0) is 9.53 Å². The highest BCUT2D eigenvalue weighted by molar-refractivity contribution is 6.18. The van der Waals surface area contributed by atoms with Gasteiger partial charge in [0.1, 0.15) is 30.2 Å². The molecule has 11 nitrogen and oxygen atoms in total. The Kier molecular flexibility index (Phi) is 5.61. The summed E-state index contributed by atoms with van der Waals surface area (Å²) >= 11 is 5.73. The number of rotatable bonds is 6. The van der Waals surface area contributed by atoms with Gasteiger partial charge in [-0.25, -0.2) is 0 Å². The van der Waals surface area contributed by atoms with Crippen LogP contribution < -0.4 is 11.5 Å². The van der Waals surface area contributed by atoms with Gasteiger partial charge in [0, 0.05) is 18.3 Å². The summed E-state index contributed by atoms with van der Waals surface area (Å²) in [6.45, 7) is 0.0415. The summed E-state index contributed by atoms with van der Waals surface area (Å²) in [6.07, 6.45) is -2.67. The van der Waals surface area contributed by atoms with Crippen molar-refractivity contribution in [1.82, 2.24) is 9.80 Å². The largest absolute Gasteiger partial charge is 0.387 e. The lowest BCUT2D eigenvalue weighted by molar-refractivity contribution is -0.384. The number of aliphatic hydroxyl groups excluding tert-OH is 2. The van der Waals surface area contributed by atoms with Crippen LogP contribution in [0.3, 0.4) is 0 Å². The number of nitrogens with two attached hydrogens (primary N) is 2. The molecule has 28 heavy (non-hydrogen) atoms. The van der Waals surface area contributed by atoms with E-state index in [1.807, 2.05) is 0 Å². The molecule has 12 heteroatoms. The van der Waals surface area contributed by atoms with Crippen LogP contribution in [0.5, 0.6) is 0 Å². The molecule has 1 aromatic rings. The zero-order chi connectivity index (χ0) is 20.6. The van der Waals surface area contributed by atoms with E-state index in [0.717, 1.165) is 0 Å². The Morgan fingerprint density at radius 3 is 2.50 bits per heavy atom. The van der Waals surface area contributed by atoms with Gasteiger partial charge in [-0.05, 0) is 17.7 Å². The molecular weight excluding hydrogens is 394 g/mol. The Morgan fingerprint density at radius 2 is 2.00 bits per heavy atom. The van der Waals surface area contributed by atoms with Gasteiger partial charge in [-0.3, -0.25) is 14.9 Å². The van der Waals surface area contributed by atoms with Crippen molar-refractivity contribution in [2.24, 2.45) is 11.5 Å². The number of carbonyl (C=O) groups excluding carboxylic acids is 1. The Bertz CT molecular complexity index is 790. The minimum absolute atomic E-state index is 0.0113. The molecule has 1 saturated heterocycles. The fraction of sp³-hybridized carbons (Fsp3) is 0.438. The third kappa shape index (κ3) is 3.56. The number of non-ortho nitro benzene ring substituents is 1. The Hall–Kier alpha value is -2.60.